The average Bonchev–Trinajstić information content (AvgIpc) is 2.60. The van der Waals surface area contributed by atoms with Crippen molar-refractivity contribution >= 4 is 35.0 Å². The largest absolute Gasteiger partial charge is 0.478 e. The molecule has 2 aromatic carbocycles. The van der Waals surface area contributed by atoms with Crippen LogP contribution < -0.4 is 10.1 Å². The Morgan fingerprint density at radius 1 is 1.14 bits per heavy atom. The van der Waals surface area contributed by atoms with Crippen LogP contribution in [-0.4, -0.2) is 33.7 Å². The third-order valence-corrected chi connectivity index (χ3v) is 4.53. The molecule has 0 bridgehead atoms. The van der Waals surface area contributed by atoms with Gasteiger partial charge < -0.3 is 10.0 Å². The summed E-state index contributed by atoms with van der Waals surface area (Å²) in [5.41, 5.74) is 0.0712. The Labute approximate surface area is 162 Å². The maximum Gasteiger partial charge on any atom is 0.413 e. The molecule has 3 N–H and O–H groups in total. The molecule has 148 valence electrons. The second-order valence-electron chi connectivity index (χ2n) is 6.14. The number of carbonyl (C=O) groups is 1. The molecule has 0 aromatic heterocycles. The van der Waals surface area contributed by atoms with Gasteiger partial charge in [-0.25, -0.2) is 4.79 Å². The molecule has 0 spiro atoms. The van der Waals surface area contributed by atoms with Crippen molar-refractivity contribution in [1.82, 2.24) is 0 Å². The zero-order chi connectivity index (χ0) is 20.6. The molecule has 1 heterocycles. The van der Waals surface area contributed by atoms with Crippen LogP contribution >= 0.6 is 11.6 Å². The van der Waals surface area contributed by atoms with E-state index in [1.165, 1.54) is 42.5 Å². The van der Waals surface area contributed by atoms with Crippen LogP contribution in [0.4, 0.5) is 24.5 Å². The van der Waals surface area contributed by atoms with E-state index < -0.39 is 23.8 Å². The van der Waals surface area contributed by atoms with Crippen molar-refractivity contribution in [3.05, 3.63) is 64.2 Å². The summed E-state index contributed by atoms with van der Waals surface area (Å²) in [6.45, 7) is -0.263. The van der Waals surface area contributed by atoms with Crippen molar-refractivity contribution in [2.45, 2.75) is 18.8 Å². The molecule has 1 unspecified atom stereocenters. The minimum atomic E-state index is -4.84. The standard InChI is InChI=1S/C18H14ClF3N2O4/c19-12-3-6-15-11(7-12)8-14(17(25)26)16(18(20,21)22)23(15)9-10-1-4-13(5-2-10)24(27)28/h1-8,16,27-28H,9H2,(H,25,26). The van der Waals surface area contributed by atoms with Gasteiger partial charge in [-0.3, -0.25) is 10.4 Å². The van der Waals surface area contributed by atoms with E-state index in [-0.39, 0.29) is 33.7 Å². The average molecular weight is 415 g/mol. The highest BCUT2D eigenvalue weighted by atomic mass is 35.5. The van der Waals surface area contributed by atoms with E-state index in [0.717, 1.165) is 11.0 Å². The molecular weight excluding hydrogens is 401 g/mol. The third kappa shape index (κ3) is 3.91. The Morgan fingerprint density at radius 2 is 1.79 bits per heavy atom. The molecule has 1 aliphatic heterocycles. The van der Waals surface area contributed by atoms with Gasteiger partial charge in [0.1, 0.15) is 0 Å². The summed E-state index contributed by atoms with van der Waals surface area (Å²) in [6, 6.07) is 7.31. The van der Waals surface area contributed by atoms with Crippen LogP contribution in [0.1, 0.15) is 11.1 Å². The highest BCUT2D eigenvalue weighted by molar-refractivity contribution is 6.30. The Balaban J connectivity index is 2.09. The number of hydrogen-bond donors (Lipinski definition) is 3. The fraction of sp³-hybridized carbons (Fsp3) is 0.167. The van der Waals surface area contributed by atoms with Crippen LogP contribution in [0.3, 0.4) is 0 Å². The highest BCUT2D eigenvalue weighted by Crippen LogP contribution is 2.41. The van der Waals surface area contributed by atoms with Crippen LogP contribution in [0.25, 0.3) is 6.08 Å². The van der Waals surface area contributed by atoms with E-state index >= 15 is 0 Å². The summed E-state index contributed by atoms with van der Waals surface area (Å²) in [5, 5.41) is 27.5. The number of benzene rings is 2. The normalized spacial score (nSPS) is 16.4. The lowest BCUT2D eigenvalue weighted by Gasteiger charge is -2.39. The number of nitrogens with zero attached hydrogens (tertiary/aromatic N) is 2. The van der Waals surface area contributed by atoms with Crippen molar-refractivity contribution in [2.75, 3.05) is 10.1 Å². The highest BCUT2D eigenvalue weighted by Gasteiger charge is 2.50. The van der Waals surface area contributed by atoms with E-state index in [4.69, 9.17) is 22.0 Å². The van der Waals surface area contributed by atoms with Gasteiger partial charge in [0.05, 0.1) is 11.3 Å². The van der Waals surface area contributed by atoms with Crippen molar-refractivity contribution in [1.29, 1.82) is 0 Å². The van der Waals surface area contributed by atoms with Gasteiger partial charge >= 0.3 is 12.1 Å². The number of halogens is 4. The van der Waals surface area contributed by atoms with Crippen molar-refractivity contribution in [2.24, 2.45) is 0 Å². The Hall–Kier alpha value is -2.75. The molecule has 28 heavy (non-hydrogen) atoms. The lowest BCUT2D eigenvalue weighted by Crippen LogP contribution is -2.50. The molecule has 0 saturated heterocycles. The molecule has 0 radical (unpaired) electrons. The first kappa shape index (κ1) is 20.0. The topological polar surface area (TPSA) is 84.2 Å². The zero-order valence-electron chi connectivity index (χ0n) is 14.1. The molecule has 1 aliphatic rings. The van der Waals surface area contributed by atoms with Crippen LogP contribution in [-0.2, 0) is 11.3 Å². The van der Waals surface area contributed by atoms with Crippen molar-refractivity contribution in [3.8, 4) is 0 Å². The Kier molecular flexibility index (Phi) is 5.24. The predicted molar refractivity (Wildman–Crippen MR) is 95.6 cm³/mol. The number of rotatable bonds is 4. The Bertz CT molecular complexity index is 929. The molecule has 0 saturated carbocycles. The van der Waals surface area contributed by atoms with E-state index in [0.29, 0.717) is 5.56 Å². The number of fused-ring (bicyclic) bond motifs is 1. The summed E-state index contributed by atoms with van der Waals surface area (Å²) in [5.74, 6) is -1.68. The summed E-state index contributed by atoms with van der Waals surface area (Å²) in [4.78, 5) is 12.5. The van der Waals surface area contributed by atoms with Crippen LogP contribution in [0.15, 0.2) is 48.0 Å². The maximum atomic E-state index is 13.8. The fourth-order valence-corrected chi connectivity index (χ4v) is 3.28. The summed E-state index contributed by atoms with van der Waals surface area (Å²) in [6.07, 6.45) is -3.86. The zero-order valence-corrected chi connectivity index (χ0v) is 14.8. The molecule has 0 aliphatic carbocycles. The molecule has 0 amide bonds. The number of aliphatic carboxylic acids is 1. The number of anilines is 2. The fourth-order valence-electron chi connectivity index (χ4n) is 3.10. The second-order valence-corrected chi connectivity index (χ2v) is 6.57. The minimum Gasteiger partial charge on any atom is -0.478 e. The van der Waals surface area contributed by atoms with Gasteiger partial charge in [-0.15, -0.1) is 5.23 Å². The number of carboxylic acid groups (broad SMARTS) is 1. The van der Waals surface area contributed by atoms with Gasteiger partial charge in [-0.1, -0.05) is 23.7 Å². The SMILES string of the molecule is O=C(O)C1=Cc2cc(Cl)ccc2N(Cc2ccc(N(O)O)cc2)C1C(F)(F)F. The summed E-state index contributed by atoms with van der Waals surface area (Å²) < 4.78 is 41.4. The second kappa shape index (κ2) is 7.34. The van der Waals surface area contributed by atoms with E-state index in [9.17, 15) is 23.1 Å². The first-order valence-corrected chi connectivity index (χ1v) is 8.30. The van der Waals surface area contributed by atoms with Crippen LogP contribution in [0.5, 0.6) is 0 Å². The van der Waals surface area contributed by atoms with Crippen molar-refractivity contribution in [3.63, 3.8) is 0 Å². The predicted octanol–water partition coefficient (Wildman–Crippen LogP) is 4.34. The number of carboxylic acids is 1. The van der Waals surface area contributed by atoms with Gasteiger partial charge in [0.2, 0.25) is 0 Å². The van der Waals surface area contributed by atoms with Gasteiger partial charge in [-0.2, -0.15) is 13.2 Å². The summed E-state index contributed by atoms with van der Waals surface area (Å²) >= 11 is 5.92. The van der Waals surface area contributed by atoms with Gasteiger partial charge in [0.15, 0.2) is 6.04 Å². The molecule has 1 atom stereocenters. The van der Waals surface area contributed by atoms with Gasteiger partial charge in [0.25, 0.3) is 0 Å². The molecule has 0 fully saturated rings. The molecule has 3 rings (SSSR count). The minimum absolute atomic E-state index is 0.0214. The molecule has 6 nitrogen and oxygen atoms in total. The van der Waals surface area contributed by atoms with Crippen LogP contribution in [0.2, 0.25) is 5.02 Å². The van der Waals surface area contributed by atoms with E-state index in [1.807, 2.05) is 0 Å². The first-order valence-electron chi connectivity index (χ1n) is 7.92. The lowest BCUT2D eigenvalue weighted by atomic mass is 9.94. The van der Waals surface area contributed by atoms with E-state index in [1.54, 1.807) is 0 Å². The molecule has 2 aromatic rings. The van der Waals surface area contributed by atoms with E-state index in [2.05, 4.69) is 0 Å². The molecule has 10 heteroatoms. The van der Waals surface area contributed by atoms with Crippen molar-refractivity contribution < 1.29 is 33.5 Å². The summed E-state index contributed by atoms with van der Waals surface area (Å²) in [7, 11) is 0. The first-order chi connectivity index (χ1) is 13.1. The quantitative estimate of drug-likeness (QED) is 0.645. The number of alkyl halides is 3. The van der Waals surface area contributed by atoms with Crippen LogP contribution in [0, 0.1) is 0 Å². The van der Waals surface area contributed by atoms with Gasteiger partial charge in [0, 0.05) is 17.3 Å². The monoisotopic (exact) mass is 414 g/mol. The lowest BCUT2D eigenvalue weighted by molar-refractivity contribution is -0.150. The smallest absolute Gasteiger partial charge is 0.413 e. The van der Waals surface area contributed by atoms with Gasteiger partial charge in [-0.05, 0) is 47.5 Å². The molecular formula is C18H14ClF3N2O4. The third-order valence-electron chi connectivity index (χ3n) is 4.29. The number of hydrogen-bond acceptors (Lipinski definition) is 5. The Morgan fingerprint density at radius 3 is 2.32 bits per heavy atom. The maximum absolute atomic E-state index is 13.8.